The van der Waals surface area contributed by atoms with Crippen molar-refractivity contribution in [3.63, 3.8) is 0 Å². The van der Waals surface area contributed by atoms with Crippen LogP contribution < -0.4 is 11.1 Å². The average molecular weight is 576 g/mol. The lowest BCUT2D eigenvalue weighted by Crippen LogP contribution is -2.44. The van der Waals surface area contributed by atoms with Gasteiger partial charge in [-0.15, -0.1) is 0 Å². The fourth-order valence-corrected chi connectivity index (χ4v) is 5.08. The van der Waals surface area contributed by atoms with Gasteiger partial charge >= 0.3 is 6.18 Å². The minimum absolute atomic E-state index is 0.0601. The van der Waals surface area contributed by atoms with Crippen LogP contribution in [-0.4, -0.2) is 63.5 Å². The first-order valence-electron chi connectivity index (χ1n) is 13.7. The maximum atomic E-state index is 14.1. The van der Waals surface area contributed by atoms with Crippen LogP contribution in [0.2, 0.25) is 0 Å². The number of hydrogen-bond acceptors (Lipinski definition) is 6. The van der Waals surface area contributed by atoms with E-state index >= 15 is 0 Å². The summed E-state index contributed by atoms with van der Waals surface area (Å²) in [6.45, 7) is 7.69. The number of benzene rings is 2. The fourth-order valence-electron chi connectivity index (χ4n) is 5.08. The molecule has 218 valence electrons. The van der Waals surface area contributed by atoms with Crippen LogP contribution in [0.25, 0.3) is 11.0 Å². The van der Waals surface area contributed by atoms with Gasteiger partial charge in [0, 0.05) is 56.7 Å². The molecule has 0 unspecified atom stereocenters. The molecular formula is C31H32F3N7O. The highest BCUT2D eigenvalue weighted by molar-refractivity contribution is 6.06. The molecule has 5 rings (SSSR count). The van der Waals surface area contributed by atoms with E-state index in [1.807, 2.05) is 36.6 Å². The molecule has 1 aliphatic rings. The average Bonchev–Trinajstić information content (AvgIpc) is 3.32. The molecule has 3 heterocycles. The van der Waals surface area contributed by atoms with Crippen LogP contribution in [-0.2, 0) is 19.3 Å². The SMILES string of the molecule is CCn1cc(C#Cc2cc(C)ccc2C(=O)Nc2ccc(CN3CCN(C)CC3)c(C(F)(F)F)c2)c2c(N)ncnc21. The molecule has 0 radical (unpaired) electrons. The third kappa shape index (κ3) is 6.25. The van der Waals surface area contributed by atoms with Crippen LogP contribution in [0.4, 0.5) is 24.7 Å². The van der Waals surface area contributed by atoms with E-state index in [4.69, 9.17) is 5.73 Å². The van der Waals surface area contributed by atoms with Gasteiger partial charge in [0.05, 0.1) is 22.1 Å². The summed E-state index contributed by atoms with van der Waals surface area (Å²) in [6, 6.07) is 9.11. The number of fused-ring (bicyclic) bond motifs is 1. The Morgan fingerprint density at radius 3 is 2.50 bits per heavy atom. The first-order valence-corrected chi connectivity index (χ1v) is 13.7. The Morgan fingerprint density at radius 2 is 1.79 bits per heavy atom. The molecule has 1 saturated heterocycles. The van der Waals surface area contributed by atoms with Gasteiger partial charge in [-0.1, -0.05) is 24.0 Å². The van der Waals surface area contributed by atoms with Crippen molar-refractivity contribution in [3.8, 4) is 11.8 Å². The monoisotopic (exact) mass is 575 g/mol. The Balaban J connectivity index is 1.43. The Labute approximate surface area is 242 Å². The molecule has 1 fully saturated rings. The fraction of sp³-hybridized carbons (Fsp3) is 0.323. The lowest BCUT2D eigenvalue weighted by atomic mass is 10.0. The van der Waals surface area contributed by atoms with Crippen LogP contribution in [0.3, 0.4) is 0 Å². The highest BCUT2D eigenvalue weighted by Gasteiger charge is 2.34. The number of aryl methyl sites for hydroxylation is 2. The number of aromatic nitrogens is 3. The number of halogens is 3. The summed E-state index contributed by atoms with van der Waals surface area (Å²) >= 11 is 0. The highest BCUT2D eigenvalue weighted by Crippen LogP contribution is 2.35. The van der Waals surface area contributed by atoms with Gasteiger partial charge in [-0.05, 0) is 56.3 Å². The Morgan fingerprint density at radius 1 is 1.05 bits per heavy atom. The Kier molecular flexibility index (Phi) is 8.20. The molecule has 0 atom stereocenters. The number of carbonyl (C=O) groups is 1. The van der Waals surface area contributed by atoms with Gasteiger partial charge in [-0.3, -0.25) is 9.69 Å². The molecule has 1 aliphatic heterocycles. The third-order valence-electron chi connectivity index (χ3n) is 7.44. The zero-order valence-corrected chi connectivity index (χ0v) is 23.7. The van der Waals surface area contributed by atoms with Crippen LogP contribution in [0.5, 0.6) is 0 Å². The molecule has 0 bridgehead atoms. The van der Waals surface area contributed by atoms with Gasteiger partial charge in [0.1, 0.15) is 17.8 Å². The number of nitrogens with zero attached hydrogens (tertiary/aromatic N) is 5. The number of amides is 1. The van der Waals surface area contributed by atoms with Gasteiger partial charge in [0.25, 0.3) is 5.91 Å². The van der Waals surface area contributed by atoms with Crippen LogP contribution in [0, 0.1) is 18.8 Å². The second-order valence-electron chi connectivity index (χ2n) is 10.5. The Hall–Kier alpha value is -4.40. The quantitative estimate of drug-likeness (QED) is 0.334. The number of piperazine rings is 1. The van der Waals surface area contributed by atoms with E-state index < -0.39 is 17.6 Å². The number of nitrogens with two attached hydrogens (primary N) is 1. The van der Waals surface area contributed by atoms with Gasteiger partial charge in [0.15, 0.2) is 0 Å². The number of rotatable bonds is 5. The number of likely N-dealkylation sites (N-methyl/N-ethyl adjacent to an activating group) is 1. The van der Waals surface area contributed by atoms with Gasteiger partial charge in [0.2, 0.25) is 0 Å². The molecule has 42 heavy (non-hydrogen) atoms. The van der Waals surface area contributed by atoms with Crippen LogP contribution in [0.1, 0.15) is 45.1 Å². The maximum Gasteiger partial charge on any atom is 0.416 e. The molecule has 8 nitrogen and oxygen atoms in total. The normalized spacial score (nSPS) is 14.5. The van der Waals surface area contributed by atoms with E-state index in [0.29, 0.717) is 47.6 Å². The summed E-state index contributed by atoms with van der Waals surface area (Å²) < 4.78 is 44.1. The van der Waals surface area contributed by atoms with Gasteiger partial charge in [-0.2, -0.15) is 13.2 Å². The lowest BCUT2D eigenvalue weighted by molar-refractivity contribution is -0.138. The minimum atomic E-state index is -4.56. The standard InChI is InChI=1S/C31H32F3N7O/c1-4-41-18-23(27-28(35)36-19-37-29(27)41)7-6-21-15-20(2)5-10-25(21)30(42)38-24-9-8-22(26(16-24)31(32,33)34)17-40-13-11-39(3)12-14-40/h5,8-10,15-16,18-19H,4,11-14,17H2,1-3H3,(H,38,42)(H2,35,36,37). The predicted octanol–water partition coefficient (Wildman–Crippen LogP) is 4.76. The van der Waals surface area contributed by atoms with Gasteiger partial charge in [-0.25, -0.2) is 9.97 Å². The molecule has 3 N–H and O–H groups in total. The van der Waals surface area contributed by atoms with E-state index in [1.165, 1.54) is 18.5 Å². The zero-order valence-electron chi connectivity index (χ0n) is 23.7. The van der Waals surface area contributed by atoms with Crippen molar-refractivity contribution in [1.82, 2.24) is 24.3 Å². The smallest absolute Gasteiger partial charge is 0.383 e. The second-order valence-corrected chi connectivity index (χ2v) is 10.5. The van der Waals surface area contributed by atoms with Gasteiger partial charge < -0.3 is 20.5 Å². The van der Waals surface area contributed by atoms with E-state index in [1.54, 1.807) is 18.2 Å². The summed E-state index contributed by atoms with van der Waals surface area (Å²) in [5.74, 6) is 5.90. The third-order valence-corrected chi connectivity index (χ3v) is 7.44. The van der Waals surface area contributed by atoms with Crippen molar-refractivity contribution < 1.29 is 18.0 Å². The molecule has 4 aromatic rings. The number of alkyl halides is 3. The molecule has 0 spiro atoms. The van der Waals surface area contributed by atoms with E-state index in [0.717, 1.165) is 24.7 Å². The molecule has 0 aliphatic carbocycles. The topological polar surface area (TPSA) is 92.3 Å². The number of carbonyl (C=O) groups excluding carboxylic acids is 1. The maximum absolute atomic E-state index is 14.1. The highest BCUT2D eigenvalue weighted by atomic mass is 19.4. The predicted molar refractivity (Wildman–Crippen MR) is 157 cm³/mol. The summed E-state index contributed by atoms with van der Waals surface area (Å²) in [5, 5.41) is 3.27. The summed E-state index contributed by atoms with van der Waals surface area (Å²) in [6.07, 6.45) is -1.33. The molecule has 1 amide bonds. The van der Waals surface area contributed by atoms with Crippen molar-refractivity contribution in [2.75, 3.05) is 44.3 Å². The lowest BCUT2D eigenvalue weighted by Gasteiger charge is -2.33. The second kappa shape index (κ2) is 11.8. The van der Waals surface area contributed by atoms with Crippen molar-refractivity contribution in [1.29, 1.82) is 0 Å². The van der Waals surface area contributed by atoms with Crippen molar-refractivity contribution in [2.24, 2.45) is 0 Å². The number of nitrogen functional groups attached to an aromatic ring is 1. The Bertz CT molecular complexity index is 1690. The summed E-state index contributed by atoms with van der Waals surface area (Å²) in [4.78, 5) is 25.9. The van der Waals surface area contributed by atoms with E-state index in [2.05, 4.69) is 32.0 Å². The van der Waals surface area contributed by atoms with E-state index in [-0.39, 0.29) is 23.4 Å². The largest absolute Gasteiger partial charge is 0.416 e. The first kappa shape index (κ1) is 29.1. The molecular weight excluding hydrogens is 543 g/mol. The van der Waals surface area contributed by atoms with Crippen molar-refractivity contribution in [2.45, 2.75) is 33.1 Å². The zero-order chi connectivity index (χ0) is 30.0. The minimum Gasteiger partial charge on any atom is -0.383 e. The first-order chi connectivity index (χ1) is 20.0. The van der Waals surface area contributed by atoms with E-state index in [9.17, 15) is 18.0 Å². The number of anilines is 2. The van der Waals surface area contributed by atoms with Crippen molar-refractivity contribution >= 4 is 28.4 Å². The number of nitrogens with one attached hydrogen (secondary N) is 1. The molecule has 0 saturated carbocycles. The van der Waals surface area contributed by atoms with Crippen LogP contribution in [0.15, 0.2) is 48.9 Å². The molecule has 2 aromatic heterocycles. The molecule has 2 aromatic carbocycles. The van der Waals surface area contributed by atoms with Crippen LogP contribution >= 0.6 is 0 Å². The number of hydrogen-bond donors (Lipinski definition) is 2. The van der Waals surface area contributed by atoms with Crippen molar-refractivity contribution in [3.05, 3.63) is 82.3 Å². The summed E-state index contributed by atoms with van der Waals surface area (Å²) in [7, 11) is 2.00. The molecule has 11 heteroatoms. The summed E-state index contributed by atoms with van der Waals surface area (Å²) in [5.41, 5.74) is 8.43.